The highest BCUT2D eigenvalue weighted by Gasteiger charge is 2.30. The van der Waals surface area contributed by atoms with Crippen LogP contribution in [0.3, 0.4) is 0 Å². The average molecular weight is 443 g/mol. The van der Waals surface area contributed by atoms with Gasteiger partial charge in [-0.15, -0.1) is 0 Å². The first-order valence-electron chi connectivity index (χ1n) is 9.96. The van der Waals surface area contributed by atoms with E-state index in [0.29, 0.717) is 12.1 Å². The summed E-state index contributed by atoms with van der Waals surface area (Å²) in [7, 11) is 0. The summed E-state index contributed by atoms with van der Waals surface area (Å²) in [5, 5.41) is 22.3. The van der Waals surface area contributed by atoms with Crippen LogP contribution < -0.4 is 5.32 Å². The zero-order chi connectivity index (χ0) is 22.8. The molecule has 4 rings (SSSR count). The molecule has 0 aromatic heterocycles. The number of alkyl carbamates (subject to hydrolysis) is 1. The van der Waals surface area contributed by atoms with Crippen molar-refractivity contribution in [2.75, 3.05) is 13.2 Å². The molecule has 0 saturated carbocycles. The summed E-state index contributed by atoms with van der Waals surface area (Å²) in [6.45, 7) is -0.492. The molecule has 1 aliphatic carbocycles. The fraction of sp³-hybridized carbons (Fsp3) is 0.208. The minimum atomic E-state index is -2.01. The number of aliphatic hydroxyl groups excluding tert-OH is 2. The summed E-state index contributed by atoms with van der Waals surface area (Å²) in [5.74, 6) is -3.99. The molecule has 2 unspecified atom stereocenters. The largest absolute Gasteiger partial charge is 0.449 e. The van der Waals surface area contributed by atoms with Crippen LogP contribution in [0.5, 0.6) is 0 Å². The van der Waals surface area contributed by atoms with E-state index in [2.05, 4.69) is 5.32 Å². The number of amides is 1. The average Bonchev–Trinajstić information content (AvgIpc) is 3.09. The monoisotopic (exact) mass is 443 g/mol. The van der Waals surface area contributed by atoms with E-state index >= 15 is 0 Å². The van der Waals surface area contributed by atoms with Crippen molar-refractivity contribution in [1.29, 1.82) is 0 Å². The normalized spacial score (nSPS) is 14.4. The first-order valence-corrected chi connectivity index (χ1v) is 9.96. The third-order valence-electron chi connectivity index (χ3n) is 5.50. The maximum absolute atomic E-state index is 13.8. The molecule has 1 amide bonds. The third-order valence-corrected chi connectivity index (χ3v) is 5.50. The highest BCUT2D eigenvalue weighted by molar-refractivity contribution is 5.79. The Balaban J connectivity index is 1.36. The van der Waals surface area contributed by atoms with Crippen molar-refractivity contribution >= 4 is 6.09 Å². The van der Waals surface area contributed by atoms with E-state index in [4.69, 9.17) is 4.74 Å². The van der Waals surface area contributed by atoms with Gasteiger partial charge >= 0.3 is 6.09 Å². The van der Waals surface area contributed by atoms with Gasteiger partial charge in [0.15, 0.2) is 0 Å². The highest BCUT2D eigenvalue weighted by Crippen LogP contribution is 2.44. The van der Waals surface area contributed by atoms with E-state index in [1.807, 2.05) is 48.5 Å². The molecule has 3 aromatic carbocycles. The first kappa shape index (κ1) is 21.9. The van der Waals surface area contributed by atoms with Gasteiger partial charge in [0.2, 0.25) is 0 Å². The van der Waals surface area contributed by atoms with Crippen molar-refractivity contribution in [1.82, 2.24) is 5.32 Å². The van der Waals surface area contributed by atoms with Crippen molar-refractivity contribution in [3.63, 3.8) is 0 Å². The van der Waals surface area contributed by atoms with E-state index in [1.54, 1.807) is 0 Å². The Morgan fingerprint density at radius 3 is 2.03 bits per heavy atom. The Bertz CT molecular complexity index is 1090. The number of ether oxygens (including phenoxy) is 1. The van der Waals surface area contributed by atoms with Crippen LogP contribution in [0, 0.1) is 17.5 Å². The predicted molar refractivity (Wildman–Crippen MR) is 110 cm³/mol. The van der Waals surface area contributed by atoms with Gasteiger partial charge in [-0.05, 0) is 22.3 Å². The lowest BCUT2D eigenvalue weighted by Gasteiger charge is -2.20. The van der Waals surface area contributed by atoms with Crippen molar-refractivity contribution < 1.29 is 32.9 Å². The van der Waals surface area contributed by atoms with Gasteiger partial charge in [-0.25, -0.2) is 18.0 Å². The summed E-state index contributed by atoms with van der Waals surface area (Å²) >= 11 is 0. The smallest absolute Gasteiger partial charge is 0.407 e. The number of hydrogen-bond donors (Lipinski definition) is 3. The Morgan fingerprint density at radius 1 is 0.938 bits per heavy atom. The van der Waals surface area contributed by atoms with Gasteiger partial charge < -0.3 is 20.3 Å². The summed E-state index contributed by atoms with van der Waals surface area (Å²) in [6.07, 6.45) is -4.62. The maximum Gasteiger partial charge on any atom is 0.407 e. The molecule has 0 aliphatic heterocycles. The molecule has 0 saturated heterocycles. The first-order chi connectivity index (χ1) is 15.4. The van der Waals surface area contributed by atoms with E-state index < -0.39 is 47.9 Å². The Kier molecular flexibility index (Phi) is 6.16. The number of halogens is 3. The molecule has 0 bridgehead atoms. The van der Waals surface area contributed by atoms with E-state index in [1.165, 1.54) is 0 Å². The van der Waals surface area contributed by atoms with Crippen LogP contribution in [-0.2, 0) is 4.74 Å². The zero-order valence-corrected chi connectivity index (χ0v) is 16.8. The van der Waals surface area contributed by atoms with E-state index in [9.17, 15) is 28.2 Å². The maximum atomic E-state index is 13.8. The summed E-state index contributed by atoms with van der Waals surface area (Å²) in [4.78, 5) is 12.1. The number of rotatable bonds is 6. The molecule has 0 radical (unpaired) electrons. The Morgan fingerprint density at radius 2 is 1.47 bits per heavy atom. The number of carbonyl (C=O) groups excluding carboxylic acids is 1. The lowest BCUT2D eigenvalue weighted by molar-refractivity contribution is 0.0143. The second kappa shape index (κ2) is 9.02. The number of aliphatic hydroxyl groups is 2. The molecule has 5 nitrogen and oxygen atoms in total. The molecule has 32 heavy (non-hydrogen) atoms. The molecule has 3 N–H and O–H groups in total. The van der Waals surface area contributed by atoms with Crippen molar-refractivity contribution in [2.24, 2.45) is 0 Å². The number of fused-ring (bicyclic) bond motifs is 3. The van der Waals surface area contributed by atoms with Gasteiger partial charge in [-0.2, -0.15) is 0 Å². The predicted octanol–water partition coefficient (Wildman–Crippen LogP) is 4.04. The molecule has 0 spiro atoms. The lowest BCUT2D eigenvalue weighted by Crippen LogP contribution is -2.36. The molecule has 1 aliphatic rings. The standard InChI is InChI=1S/C24H20F3NO4/c25-13-9-19(26)22(20(27)10-13)23(30)21(29)11-28-24(31)32-12-18-16-7-3-1-5-14(16)15-6-2-4-8-17(15)18/h1-10,18,21,23,29-30H,11-12H2,(H,28,31). The second-order valence-corrected chi connectivity index (χ2v) is 7.50. The summed E-state index contributed by atoms with van der Waals surface area (Å²) in [6, 6.07) is 16.4. The van der Waals surface area contributed by atoms with Crippen molar-refractivity contribution in [3.05, 3.63) is 94.8 Å². The molecular formula is C24H20F3NO4. The molecule has 166 valence electrons. The molecule has 8 heteroatoms. The van der Waals surface area contributed by atoms with Crippen LogP contribution in [0.1, 0.15) is 28.7 Å². The molecule has 0 heterocycles. The van der Waals surface area contributed by atoms with Crippen molar-refractivity contribution in [2.45, 2.75) is 18.1 Å². The third kappa shape index (κ3) is 4.19. The Labute approximate surface area is 182 Å². The number of carbonyl (C=O) groups is 1. The Hall–Kier alpha value is -3.36. The number of nitrogens with one attached hydrogen (secondary N) is 1. The molecule has 3 aromatic rings. The van der Waals surface area contributed by atoms with E-state index in [0.717, 1.165) is 22.3 Å². The fourth-order valence-corrected chi connectivity index (χ4v) is 3.98. The summed E-state index contributed by atoms with van der Waals surface area (Å²) in [5.41, 5.74) is 3.31. The SMILES string of the molecule is O=C(NCC(O)C(O)c1c(F)cc(F)cc1F)OCC1c2ccccc2-c2ccccc21. The second-order valence-electron chi connectivity index (χ2n) is 7.50. The minimum Gasteiger partial charge on any atom is -0.449 e. The van der Waals surface area contributed by atoms with Crippen molar-refractivity contribution in [3.8, 4) is 11.1 Å². The van der Waals surface area contributed by atoms with E-state index in [-0.39, 0.29) is 12.5 Å². The van der Waals surface area contributed by atoms with Crippen LogP contribution in [0.15, 0.2) is 60.7 Å². The quantitative estimate of drug-likeness (QED) is 0.538. The van der Waals surface area contributed by atoms with Crippen LogP contribution >= 0.6 is 0 Å². The lowest BCUT2D eigenvalue weighted by atomic mass is 9.98. The van der Waals surface area contributed by atoms with Crippen LogP contribution in [-0.4, -0.2) is 35.6 Å². The zero-order valence-electron chi connectivity index (χ0n) is 16.8. The topological polar surface area (TPSA) is 78.8 Å². The van der Waals surface area contributed by atoms with Gasteiger partial charge in [0.05, 0.1) is 5.56 Å². The van der Waals surface area contributed by atoms with Gasteiger partial charge in [-0.3, -0.25) is 0 Å². The van der Waals surface area contributed by atoms with Gasteiger partial charge in [0.1, 0.15) is 36.3 Å². The molecule has 2 atom stereocenters. The van der Waals surface area contributed by atoms with Gasteiger partial charge in [0, 0.05) is 24.6 Å². The van der Waals surface area contributed by atoms with Crippen LogP contribution in [0.2, 0.25) is 0 Å². The van der Waals surface area contributed by atoms with Crippen LogP contribution in [0.25, 0.3) is 11.1 Å². The van der Waals surface area contributed by atoms with Gasteiger partial charge in [-0.1, -0.05) is 48.5 Å². The summed E-state index contributed by atoms with van der Waals surface area (Å²) < 4.78 is 45.9. The highest BCUT2D eigenvalue weighted by atomic mass is 19.1. The fourth-order valence-electron chi connectivity index (χ4n) is 3.98. The number of hydrogen-bond acceptors (Lipinski definition) is 4. The van der Waals surface area contributed by atoms with Gasteiger partial charge in [0.25, 0.3) is 0 Å². The number of benzene rings is 3. The minimum absolute atomic E-state index is 0.0414. The molecule has 0 fully saturated rings. The van der Waals surface area contributed by atoms with Crippen LogP contribution in [0.4, 0.5) is 18.0 Å². The molecular weight excluding hydrogens is 423 g/mol.